The first kappa shape index (κ1) is 17.1. The van der Waals surface area contributed by atoms with Crippen molar-refractivity contribution in [1.82, 2.24) is 0 Å². The average Bonchev–Trinajstić information content (AvgIpc) is 2.83. The summed E-state index contributed by atoms with van der Waals surface area (Å²) in [5.41, 5.74) is 2.60. The first-order valence-corrected chi connectivity index (χ1v) is 8.63. The first-order valence-electron chi connectivity index (χ1n) is 8.63. The fraction of sp³-hybridized carbons (Fsp3) is 0.579. The largest absolute Gasteiger partial charge is 0.412 e. The summed E-state index contributed by atoms with van der Waals surface area (Å²) in [5, 5.41) is 0. The zero-order valence-electron chi connectivity index (χ0n) is 14.3. The van der Waals surface area contributed by atoms with Crippen molar-refractivity contribution in [1.29, 1.82) is 0 Å². The van der Waals surface area contributed by atoms with Crippen molar-refractivity contribution in [3.05, 3.63) is 28.8 Å². The highest BCUT2D eigenvalue weighted by Crippen LogP contribution is 2.40. The maximum absolute atomic E-state index is 12.9. The van der Waals surface area contributed by atoms with E-state index in [0.29, 0.717) is 18.1 Å². The van der Waals surface area contributed by atoms with Crippen molar-refractivity contribution in [3.63, 3.8) is 0 Å². The Labute approximate surface area is 142 Å². The van der Waals surface area contributed by atoms with Crippen LogP contribution in [0.25, 0.3) is 0 Å². The molecule has 1 heterocycles. The lowest BCUT2D eigenvalue weighted by molar-refractivity contribution is -0.125. The Morgan fingerprint density at radius 2 is 1.79 bits per heavy atom. The Morgan fingerprint density at radius 1 is 1.17 bits per heavy atom. The molecule has 0 amide bonds. The van der Waals surface area contributed by atoms with Gasteiger partial charge in [-0.1, -0.05) is 0 Å². The summed E-state index contributed by atoms with van der Waals surface area (Å²) in [7, 11) is 0. The number of Topliss-reactive ketones (excluding diaryl/α,β-unsaturated/α-hetero) is 2. The molecule has 2 fully saturated rings. The van der Waals surface area contributed by atoms with Crippen LogP contribution in [0.15, 0.2) is 12.1 Å². The Bertz CT molecular complexity index is 626. The average molecular weight is 331 g/mol. The maximum atomic E-state index is 12.9. The van der Waals surface area contributed by atoms with Crippen LogP contribution in [0.3, 0.4) is 0 Å². The molecule has 2 N–H and O–H groups in total. The summed E-state index contributed by atoms with van der Waals surface area (Å²) in [4.78, 5) is 30.3. The van der Waals surface area contributed by atoms with Gasteiger partial charge in [0.05, 0.1) is 0 Å². The van der Waals surface area contributed by atoms with Crippen molar-refractivity contribution in [2.45, 2.75) is 45.4 Å². The minimum Gasteiger partial charge on any atom is -0.412 e. The summed E-state index contributed by atoms with van der Waals surface area (Å²) in [6.45, 7) is 5.33. The number of ketones is 2. The summed E-state index contributed by atoms with van der Waals surface area (Å²) in [6.07, 6.45) is 3.16. The fourth-order valence-corrected chi connectivity index (χ4v) is 4.20. The van der Waals surface area contributed by atoms with Gasteiger partial charge in [-0.25, -0.2) is 0 Å². The highest BCUT2D eigenvalue weighted by Gasteiger charge is 2.43. The molecule has 3 rings (SSSR count). The highest BCUT2D eigenvalue weighted by atomic mass is 16.6. The van der Waals surface area contributed by atoms with E-state index in [0.717, 1.165) is 49.2 Å². The van der Waals surface area contributed by atoms with Crippen LogP contribution in [0, 0.1) is 25.7 Å². The van der Waals surface area contributed by atoms with E-state index >= 15 is 0 Å². The minimum atomic E-state index is -0.623. The number of aryl methyl sites for hydroxylation is 2. The van der Waals surface area contributed by atoms with Crippen LogP contribution in [0.2, 0.25) is 0 Å². The van der Waals surface area contributed by atoms with Crippen molar-refractivity contribution in [2.24, 2.45) is 17.7 Å². The third-order valence-electron chi connectivity index (χ3n) is 5.41. The van der Waals surface area contributed by atoms with Gasteiger partial charge in [-0.2, -0.15) is 5.90 Å². The molecule has 1 aliphatic carbocycles. The molecule has 0 aromatic heterocycles. The van der Waals surface area contributed by atoms with Gasteiger partial charge in [-0.3, -0.25) is 9.59 Å². The molecule has 2 atom stereocenters. The third kappa shape index (κ3) is 3.23. The van der Waals surface area contributed by atoms with Crippen molar-refractivity contribution < 1.29 is 19.2 Å². The summed E-state index contributed by atoms with van der Waals surface area (Å²) >= 11 is 0. The van der Waals surface area contributed by atoms with E-state index in [2.05, 4.69) is 0 Å². The lowest BCUT2D eigenvalue weighted by atomic mass is 9.84. The minimum absolute atomic E-state index is 0.0460. The topological polar surface area (TPSA) is 78.6 Å². The molecule has 130 valence electrons. The van der Waals surface area contributed by atoms with E-state index in [1.165, 1.54) is 0 Å². The Morgan fingerprint density at radius 3 is 2.38 bits per heavy atom. The Hall–Kier alpha value is -1.72. The predicted molar refractivity (Wildman–Crippen MR) is 89.8 cm³/mol. The highest BCUT2D eigenvalue weighted by molar-refractivity contribution is 6.15. The molecule has 1 aromatic carbocycles. The van der Waals surface area contributed by atoms with Crippen molar-refractivity contribution in [3.8, 4) is 5.75 Å². The third-order valence-corrected chi connectivity index (χ3v) is 5.41. The second-order valence-corrected chi connectivity index (χ2v) is 7.08. The van der Waals surface area contributed by atoms with E-state index in [1.807, 2.05) is 13.8 Å². The molecule has 5 heteroatoms. The van der Waals surface area contributed by atoms with Crippen LogP contribution in [0.4, 0.5) is 0 Å². The van der Waals surface area contributed by atoms with Gasteiger partial charge in [-0.05, 0) is 67.9 Å². The number of ether oxygens (including phenoxy) is 1. The van der Waals surface area contributed by atoms with Gasteiger partial charge >= 0.3 is 0 Å². The second kappa shape index (κ2) is 7.03. The van der Waals surface area contributed by atoms with Crippen LogP contribution < -0.4 is 10.7 Å². The molecule has 24 heavy (non-hydrogen) atoms. The quantitative estimate of drug-likeness (QED) is 0.678. The molecule has 1 aromatic rings. The monoisotopic (exact) mass is 331 g/mol. The normalized spacial score (nSPS) is 25.3. The standard InChI is InChI=1S/C19H25NO4/c1-11-7-15(24-20)8-12(2)17(11)18-16(21)10-14(19(18)22)9-13-3-5-23-6-4-13/h7-8,13-14,18H,3-6,9-10,20H2,1-2H3. The van der Waals surface area contributed by atoms with Gasteiger partial charge in [0.15, 0.2) is 5.78 Å². The van der Waals surface area contributed by atoms with Crippen LogP contribution in [0.5, 0.6) is 5.75 Å². The zero-order chi connectivity index (χ0) is 17.3. The summed E-state index contributed by atoms with van der Waals surface area (Å²) in [6, 6.07) is 3.57. The number of nitrogens with two attached hydrogens (primary N) is 1. The summed E-state index contributed by atoms with van der Waals surface area (Å²) in [5.74, 6) is 5.63. The fourth-order valence-electron chi connectivity index (χ4n) is 4.20. The molecule has 5 nitrogen and oxygen atoms in total. The van der Waals surface area contributed by atoms with Gasteiger partial charge in [0.2, 0.25) is 0 Å². The summed E-state index contributed by atoms with van der Waals surface area (Å²) < 4.78 is 5.38. The van der Waals surface area contributed by atoms with Crippen molar-refractivity contribution in [2.75, 3.05) is 13.2 Å². The molecule has 0 spiro atoms. The van der Waals surface area contributed by atoms with E-state index in [4.69, 9.17) is 15.5 Å². The number of carbonyl (C=O) groups is 2. The van der Waals surface area contributed by atoms with Gasteiger partial charge in [0, 0.05) is 25.6 Å². The number of rotatable bonds is 4. The molecular formula is C19H25NO4. The number of hydrogen-bond acceptors (Lipinski definition) is 5. The van der Waals surface area contributed by atoms with E-state index in [-0.39, 0.29) is 17.5 Å². The van der Waals surface area contributed by atoms with Crippen LogP contribution >= 0.6 is 0 Å². The van der Waals surface area contributed by atoms with E-state index in [9.17, 15) is 9.59 Å². The van der Waals surface area contributed by atoms with Gasteiger partial charge < -0.3 is 9.57 Å². The lowest BCUT2D eigenvalue weighted by Crippen LogP contribution is -2.22. The Kier molecular flexibility index (Phi) is 5.01. The molecule has 2 aliphatic rings. The predicted octanol–water partition coefficient (Wildman–Crippen LogP) is 2.61. The molecule has 1 aliphatic heterocycles. The van der Waals surface area contributed by atoms with Gasteiger partial charge in [0.25, 0.3) is 0 Å². The number of hydrogen-bond donors (Lipinski definition) is 1. The zero-order valence-corrected chi connectivity index (χ0v) is 14.3. The van der Waals surface area contributed by atoms with Crippen LogP contribution in [0.1, 0.15) is 48.3 Å². The second-order valence-electron chi connectivity index (χ2n) is 7.08. The number of benzene rings is 1. The lowest BCUT2D eigenvalue weighted by Gasteiger charge is -2.24. The molecule has 1 saturated heterocycles. The molecule has 0 bridgehead atoms. The molecule has 0 radical (unpaired) electrons. The Balaban J connectivity index is 1.81. The van der Waals surface area contributed by atoms with Gasteiger partial charge in [-0.15, -0.1) is 0 Å². The van der Waals surface area contributed by atoms with Crippen LogP contribution in [-0.4, -0.2) is 24.8 Å². The van der Waals surface area contributed by atoms with Crippen LogP contribution in [-0.2, 0) is 14.3 Å². The van der Waals surface area contributed by atoms with E-state index in [1.54, 1.807) is 12.1 Å². The smallest absolute Gasteiger partial charge is 0.151 e. The molecule has 1 saturated carbocycles. The van der Waals surface area contributed by atoms with Crippen molar-refractivity contribution >= 4 is 11.6 Å². The molecule has 2 unspecified atom stereocenters. The van der Waals surface area contributed by atoms with Gasteiger partial charge in [0.1, 0.15) is 17.5 Å². The maximum Gasteiger partial charge on any atom is 0.151 e. The molecular weight excluding hydrogens is 306 g/mol. The first-order chi connectivity index (χ1) is 11.5. The number of carbonyl (C=O) groups excluding carboxylic acids is 2. The van der Waals surface area contributed by atoms with E-state index < -0.39 is 5.92 Å². The SMILES string of the molecule is Cc1cc(ON)cc(C)c1C1C(=O)CC(CC2CCOCC2)C1=O.